The molecule has 4 heterocycles. The van der Waals surface area contributed by atoms with E-state index in [1.165, 1.54) is 6.08 Å². The maximum atomic E-state index is 12.2. The molecule has 1 amide bonds. The molecule has 5 rings (SSSR count). The molecule has 0 bridgehead atoms. The number of anilines is 3. The van der Waals surface area contributed by atoms with E-state index in [1.54, 1.807) is 41.0 Å². The number of hydrogen-bond donors (Lipinski definition) is 3. The van der Waals surface area contributed by atoms with Crippen LogP contribution in [0.15, 0.2) is 55.6 Å². The number of aliphatic hydroxyl groups is 1. The maximum Gasteiger partial charge on any atom is 0.247 e. The number of β-amino-alcohol motifs (C(OH)–C–C–N with tert-alkyl or cyclic N) is 1. The SMILES string of the molecule is C=CC(=O)Nc1cc(Nc2nccc(-n3cc(CN4CC(O)C4)c(C)n3)n2)c(OC)cc1-c1cnn(C)c1. The first-order valence-corrected chi connectivity index (χ1v) is 12.0. The number of rotatable bonds is 9. The van der Waals surface area contributed by atoms with Gasteiger partial charge >= 0.3 is 0 Å². The minimum Gasteiger partial charge on any atom is -0.495 e. The number of ether oxygens (including phenoxy) is 1. The largest absolute Gasteiger partial charge is 0.495 e. The van der Waals surface area contributed by atoms with Crippen LogP contribution in [0.2, 0.25) is 0 Å². The van der Waals surface area contributed by atoms with Gasteiger partial charge < -0.3 is 20.5 Å². The van der Waals surface area contributed by atoms with Crippen molar-refractivity contribution in [2.75, 3.05) is 30.8 Å². The first kappa shape index (κ1) is 25.1. The summed E-state index contributed by atoms with van der Waals surface area (Å²) < 4.78 is 9.05. The monoisotopic (exact) mass is 515 g/mol. The van der Waals surface area contributed by atoms with Crippen molar-refractivity contribution in [1.29, 1.82) is 0 Å². The van der Waals surface area contributed by atoms with E-state index in [0.29, 0.717) is 42.0 Å². The number of hydrogen-bond acceptors (Lipinski definition) is 9. The van der Waals surface area contributed by atoms with Gasteiger partial charge in [0.25, 0.3) is 0 Å². The van der Waals surface area contributed by atoms with Gasteiger partial charge in [0.15, 0.2) is 5.82 Å². The van der Waals surface area contributed by atoms with Gasteiger partial charge in [0, 0.05) is 68.0 Å². The molecule has 12 heteroatoms. The summed E-state index contributed by atoms with van der Waals surface area (Å²) in [5.41, 5.74) is 4.62. The molecule has 1 aromatic carbocycles. The van der Waals surface area contributed by atoms with E-state index >= 15 is 0 Å². The smallest absolute Gasteiger partial charge is 0.247 e. The number of carbonyl (C=O) groups is 1. The van der Waals surface area contributed by atoms with Gasteiger partial charge in [0.05, 0.1) is 36.5 Å². The van der Waals surface area contributed by atoms with Crippen molar-refractivity contribution in [3.05, 3.63) is 66.9 Å². The summed E-state index contributed by atoms with van der Waals surface area (Å²) in [7, 11) is 3.39. The zero-order valence-corrected chi connectivity index (χ0v) is 21.4. The lowest BCUT2D eigenvalue weighted by molar-refractivity contribution is -0.111. The summed E-state index contributed by atoms with van der Waals surface area (Å²) in [4.78, 5) is 23.3. The van der Waals surface area contributed by atoms with Gasteiger partial charge in [-0.05, 0) is 25.1 Å². The molecule has 4 aromatic rings. The number of amides is 1. The van der Waals surface area contributed by atoms with E-state index in [0.717, 1.165) is 28.9 Å². The third kappa shape index (κ3) is 5.26. The molecule has 1 fully saturated rings. The molecule has 0 spiro atoms. The van der Waals surface area contributed by atoms with Crippen LogP contribution in [0.3, 0.4) is 0 Å². The van der Waals surface area contributed by atoms with Gasteiger partial charge in [-0.1, -0.05) is 6.58 Å². The van der Waals surface area contributed by atoms with Gasteiger partial charge in [0.1, 0.15) is 5.75 Å². The molecule has 1 aliphatic rings. The number of aromatic nitrogens is 6. The van der Waals surface area contributed by atoms with Crippen LogP contribution in [0.25, 0.3) is 16.9 Å². The van der Waals surface area contributed by atoms with Gasteiger partial charge in [-0.25, -0.2) is 9.67 Å². The van der Waals surface area contributed by atoms with Crippen LogP contribution in [-0.2, 0) is 18.4 Å². The number of likely N-dealkylation sites (tertiary alicyclic amines) is 1. The minimum atomic E-state index is -0.345. The lowest BCUT2D eigenvalue weighted by Crippen LogP contribution is -2.49. The lowest BCUT2D eigenvalue weighted by atomic mass is 10.1. The molecule has 196 valence electrons. The van der Waals surface area contributed by atoms with Crippen molar-refractivity contribution in [2.24, 2.45) is 7.05 Å². The Kier molecular flexibility index (Phi) is 6.90. The normalized spacial score (nSPS) is 13.7. The number of nitrogens with zero attached hydrogens (tertiary/aromatic N) is 7. The fraction of sp³-hybridized carbons (Fsp3) is 0.269. The molecular weight excluding hydrogens is 486 g/mol. The summed E-state index contributed by atoms with van der Waals surface area (Å²) in [6.45, 7) is 7.56. The number of methoxy groups -OCH3 is 1. The molecule has 0 unspecified atom stereocenters. The number of benzene rings is 1. The molecule has 1 saturated heterocycles. The van der Waals surface area contributed by atoms with Crippen LogP contribution in [-0.4, -0.2) is 71.7 Å². The third-order valence-corrected chi connectivity index (χ3v) is 6.25. The fourth-order valence-electron chi connectivity index (χ4n) is 4.27. The molecule has 0 saturated carbocycles. The highest BCUT2D eigenvalue weighted by molar-refractivity contribution is 6.02. The molecule has 12 nitrogen and oxygen atoms in total. The Morgan fingerprint density at radius 3 is 2.79 bits per heavy atom. The number of nitrogens with one attached hydrogen (secondary N) is 2. The molecule has 0 radical (unpaired) electrons. The molecular formula is C26H29N9O3. The number of carbonyl (C=O) groups excluding carboxylic acids is 1. The fourth-order valence-corrected chi connectivity index (χ4v) is 4.27. The minimum absolute atomic E-state index is 0.248. The van der Waals surface area contributed by atoms with Crippen molar-refractivity contribution in [2.45, 2.75) is 19.6 Å². The Morgan fingerprint density at radius 2 is 2.11 bits per heavy atom. The second-order valence-electron chi connectivity index (χ2n) is 9.09. The van der Waals surface area contributed by atoms with Crippen LogP contribution in [0.4, 0.5) is 17.3 Å². The van der Waals surface area contributed by atoms with Gasteiger partial charge in [-0.15, -0.1) is 0 Å². The summed E-state index contributed by atoms with van der Waals surface area (Å²) in [6.07, 6.45) is 8.11. The van der Waals surface area contributed by atoms with E-state index in [-0.39, 0.29) is 12.0 Å². The predicted molar refractivity (Wildman–Crippen MR) is 142 cm³/mol. The highest BCUT2D eigenvalue weighted by atomic mass is 16.5. The Balaban J connectivity index is 1.44. The number of aryl methyl sites for hydroxylation is 2. The molecule has 3 aromatic heterocycles. The molecule has 1 aliphatic heterocycles. The Morgan fingerprint density at radius 1 is 1.29 bits per heavy atom. The van der Waals surface area contributed by atoms with E-state index in [1.807, 2.05) is 32.4 Å². The first-order valence-electron chi connectivity index (χ1n) is 12.0. The summed E-state index contributed by atoms with van der Waals surface area (Å²) in [5.74, 6) is 1.11. The third-order valence-electron chi connectivity index (χ3n) is 6.25. The molecule has 0 atom stereocenters. The van der Waals surface area contributed by atoms with Crippen molar-refractivity contribution < 1.29 is 14.6 Å². The van der Waals surface area contributed by atoms with E-state index < -0.39 is 0 Å². The summed E-state index contributed by atoms with van der Waals surface area (Å²) in [5, 5.41) is 24.5. The molecule has 3 N–H and O–H groups in total. The quantitative estimate of drug-likeness (QED) is 0.287. The Hall–Kier alpha value is -4.55. The van der Waals surface area contributed by atoms with Crippen LogP contribution in [0, 0.1) is 6.92 Å². The molecule has 38 heavy (non-hydrogen) atoms. The lowest BCUT2D eigenvalue weighted by Gasteiger charge is -2.35. The first-order chi connectivity index (χ1) is 18.3. The highest BCUT2D eigenvalue weighted by Crippen LogP contribution is 2.38. The van der Waals surface area contributed by atoms with Crippen LogP contribution in [0.5, 0.6) is 5.75 Å². The highest BCUT2D eigenvalue weighted by Gasteiger charge is 2.25. The van der Waals surface area contributed by atoms with Gasteiger partial charge in [-0.2, -0.15) is 15.2 Å². The Labute approximate surface area is 219 Å². The van der Waals surface area contributed by atoms with Crippen LogP contribution < -0.4 is 15.4 Å². The van der Waals surface area contributed by atoms with Crippen LogP contribution >= 0.6 is 0 Å². The zero-order valence-electron chi connectivity index (χ0n) is 21.4. The average Bonchev–Trinajstić information content (AvgIpc) is 3.48. The maximum absolute atomic E-state index is 12.2. The standard InChI is InChI=1S/C26H29N9O3/c1-5-25(37)29-21-9-22(23(38-4)8-20(21)17-10-28-33(3)11-17)30-26-27-7-6-24(31-26)35-13-18(16(2)32-35)12-34-14-19(36)15-34/h5-11,13,19,36H,1,12,14-15H2,2-4H3,(H,29,37)(H,27,30,31). The topological polar surface area (TPSA) is 135 Å². The van der Waals surface area contributed by atoms with E-state index in [4.69, 9.17) is 4.74 Å². The van der Waals surface area contributed by atoms with Crippen molar-refractivity contribution in [1.82, 2.24) is 34.4 Å². The number of aliphatic hydroxyl groups excluding tert-OH is 1. The van der Waals surface area contributed by atoms with Crippen molar-refractivity contribution in [3.8, 4) is 22.7 Å². The van der Waals surface area contributed by atoms with Crippen LogP contribution in [0.1, 0.15) is 11.3 Å². The summed E-state index contributed by atoms with van der Waals surface area (Å²) in [6, 6.07) is 5.35. The van der Waals surface area contributed by atoms with Gasteiger partial charge in [-0.3, -0.25) is 14.4 Å². The average molecular weight is 516 g/mol. The zero-order chi connectivity index (χ0) is 26.8. The van der Waals surface area contributed by atoms with Crippen molar-refractivity contribution in [3.63, 3.8) is 0 Å². The predicted octanol–water partition coefficient (Wildman–Crippen LogP) is 2.42. The second kappa shape index (κ2) is 10.4. The molecule has 0 aliphatic carbocycles. The second-order valence-corrected chi connectivity index (χ2v) is 9.09. The van der Waals surface area contributed by atoms with Gasteiger partial charge in [0.2, 0.25) is 11.9 Å². The summed E-state index contributed by atoms with van der Waals surface area (Å²) >= 11 is 0. The Bertz CT molecular complexity index is 1490. The van der Waals surface area contributed by atoms with Crippen molar-refractivity contribution >= 4 is 23.2 Å². The van der Waals surface area contributed by atoms with E-state index in [9.17, 15) is 9.90 Å². The van der Waals surface area contributed by atoms with E-state index in [2.05, 4.69) is 42.3 Å².